The minimum Gasteiger partial charge on any atom is -0.469 e. The van der Waals surface area contributed by atoms with Gasteiger partial charge in [-0.1, -0.05) is 6.92 Å². The molecule has 1 saturated carbocycles. The summed E-state index contributed by atoms with van der Waals surface area (Å²) in [5, 5.41) is 9.67. The third-order valence-corrected chi connectivity index (χ3v) is 2.99. The molecule has 0 aliphatic heterocycles. The Morgan fingerprint density at radius 2 is 2.15 bits per heavy atom. The van der Waals surface area contributed by atoms with E-state index in [0.717, 1.165) is 6.42 Å². The predicted molar refractivity (Wildman–Crippen MR) is 49.6 cm³/mol. The molecule has 0 aromatic heterocycles. The molecular weight excluding hydrogens is 192 g/mol. The van der Waals surface area contributed by atoms with Crippen molar-refractivity contribution in [3.05, 3.63) is 0 Å². The third-order valence-electron chi connectivity index (χ3n) is 2.64. The minimum absolute atomic E-state index is 0.0255. The molecule has 1 aliphatic rings. The van der Waals surface area contributed by atoms with E-state index >= 15 is 0 Å². The van der Waals surface area contributed by atoms with Gasteiger partial charge in [-0.3, -0.25) is 4.79 Å². The molecular formula is C9H15ClO3. The Balaban J connectivity index is 2.66. The number of aliphatic hydroxyl groups excluding tert-OH is 1. The Labute approximate surface area is 83.0 Å². The van der Waals surface area contributed by atoms with Gasteiger partial charge in [0.15, 0.2) is 0 Å². The lowest BCUT2D eigenvalue weighted by Gasteiger charge is -2.33. The Morgan fingerprint density at radius 3 is 2.69 bits per heavy atom. The van der Waals surface area contributed by atoms with E-state index in [2.05, 4.69) is 4.74 Å². The summed E-state index contributed by atoms with van der Waals surface area (Å²) in [6, 6.07) is 0. The number of rotatable bonds is 1. The van der Waals surface area contributed by atoms with E-state index in [0.29, 0.717) is 6.42 Å². The standard InChI is InChI=1S/C9H15ClO3/c1-5-3-6(10)4-7(8(5)11)9(12)13-2/h5-8,11H,3-4H2,1-2H3. The van der Waals surface area contributed by atoms with Crippen LogP contribution in [-0.4, -0.2) is 29.7 Å². The third kappa shape index (κ3) is 2.35. The van der Waals surface area contributed by atoms with Gasteiger partial charge in [0.1, 0.15) is 0 Å². The van der Waals surface area contributed by atoms with Crippen molar-refractivity contribution >= 4 is 17.6 Å². The first-order chi connectivity index (χ1) is 6.06. The molecule has 76 valence electrons. The van der Waals surface area contributed by atoms with E-state index in [1.54, 1.807) is 0 Å². The van der Waals surface area contributed by atoms with Gasteiger partial charge in [-0.15, -0.1) is 11.6 Å². The summed E-state index contributed by atoms with van der Waals surface area (Å²) in [5.41, 5.74) is 0. The van der Waals surface area contributed by atoms with Crippen LogP contribution >= 0.6 is 11.6 Å². The van der Waals surface area contributed by atoms with Crippen LogP contribution in [0.3, 0.4) is 0 Å². The van der Waals surface area contributed by atoms with E-state index in [1.807, 2.05) is 6.92 Å². The summed E-state index contributed by atoms with van der Waals surface area (Å²) in [5.74, 6) is -0.735. The monoisotopic (exact) mass is 206 g/mol. The number of hydrogen-bond acceptors (Lipinski definition) is 3. The highest BCUT2D eigenvalue weighted by Gasteiger charge is 2.38. The first kappa shape index (κ1) is 10.8. The largest absolute Gasteiger partial charge is 0.469 e. The zero-order chi connectivity index (χ0) is 10.0. The van der Waals surface area contributed by atoms with Gasteiger partial charge in [0.25, 0.3) is 0 Å². The van der Waals surface area contributed by atoms with Crippen molar-refractivity contribution < 1.29 is 14.6 Å². The van der Waals surface area contributed by atoms with Crippen LogP contribution in [0.5, 0.6) is 0 Å². The number of aliphatic hydroxyl groups is 1. The maximum absolute atomic E-state index is 11.2. The number of carbonyl (C=O) groups is 1. The van der Waals surface area contributed by atoms with Crippen LogP contribution in [0.15, 0.2) is 0 Å². The quantitative estimate of drug-likeness (QED) is 0.518. The molecule has 0 amide bonds. The van der Waals surface area contributed by atoms with Crippen LogP contribution in [0, 0.1) is 11.8 Å². The molecule has 0 spiro atoms. The predicted octanol–water partition coefficient (Wildman–Crippen LogP) is 1.17. The van der Waals surface area contributed by atoms with E-state index in [1.165, 1.54) is 7.11 Å². The van der Waals surface area contributed by atoms with Crippen molar-refractivity contribution in [3.8, 4) is 0 Å². The number of carbonyl (C=O) groups excluding carboxylic acids is 1. The van der Waals surface area contributed by atoms with E-state index in [-0.39, 0.29) is 17.3 Å². The van der Waals surface area contributed by atoms with Gasteiger partial charge >= 0.3 is 5.97 Å². The maximum atomic E-state index is 11.2. The molecule has 13 heavy (non-hydrogen) atoms. The molecule has 0 radical (unpaired) electrons. The van der Waals surface area contributed by atoms with Gasteiger partial charge in [-0.2, -0.15) is 0 Å². The number of ether oxygens (including phenoxy) is 1. The fraction of sp³-hybridized carbons (Fsp3) is 0.889. The maximum Gasteiger partial charge on any atom is 0.311 e. The zero-order valence-electron chi connectivity index (χ0n) is 7.87. The minimum atomic E-state index is -0.609. The number of alkyl halides is 1. The first-order valence-electron chi connectivity index (χ1n) is 4.46. The van der Waals surface area contributed by atoms with Gasteiger partial charge in [-0.25, -0.2) is 0 Å². The van der Waals surface area contributed by atoms with Gasteiger partial charge in [-0.05, 0) is 18.8 Å². The van der Waals surface area contributed by atoms with Crippen molar-refractivity contribution in [2.45, 2.75) is 31.2 Å². The van der Waals surface area contributed by atoms with Gasteiger partial charge in [0.05, 0.1) is 19.1 Å². The Kier molecular flexibility index (Phi) is 3.56. The highest BCUT2D eigenvalue weighted by molar-refractivity contribution is 6.20. The smallest absolute Gasteiger partial charge is 0.311 e. The fourth-order valence-corrected chi connectivity index (χ4v) is 2.31. The van der Waals surface area contributed by atoms with Crippen LogP contribution in [-0.2, 0) is 9.53 Å². The van der Waals surface area contributed by atoms with Crippen LogP contribution in [0.25, 0.3) is 0 Å². The van der Waals surface area contributed by atoms with Crippen LogP contribution in [0.2, 0.25) is 0 Å². The topological polar surface area (TPSA) is 46.5 Å². The second kappa shape index (κ2) is 4.29. The molecule has 1 N–H and O–H groups in total. The Morgan fingerprint density at radius 1 is 1.54 bits per heavy atom. The summed E-state index contributed by atoms with van der Waals surface area (Å²) in [6.45, 7) is 1.90. The average Bonchev–Trinajstić information content (AvgIpc) is 2.10. The lowest BCUT2D eigenvalue weighted by Crippen LogP contribution is -2.41. The fourth-order valence-electron chi connectivity index (χ4n) is 1.84. The second-order valence-electron chi connectivity index (χ2n) is 3.67. The zero-order valence-corrected chi connectivity index (χ0v) is 8.62. The van der Waals surface area contributed by atoms with Crippen molar-refractivity contribution in [2.75, 3.05) is 7.11 Å². The summed E-state index contributed by atoms with van der Waals surface area (Å²) in [7, 11) is 1.33. The molecule has 3 nitrogen and oxygen atoms in total. The lowest BCUT2D eigenvalue weighted by molar-refractivity contribution is -0.152. The Bertz CT molecular complexity index is 195. The van der Waals surface area contributed by atoms with Crippen LogP contribution < -0.4 is 0 Å². The molecule has 1 aliphatic carbocycles. The number of esters is 1. The van der Waals surface area contributed by atoms with Crippen LogP contribution in [0.1, 0.15) is 19.8 Å². The molecule has 0 bridgehead atoms. The van der Waals surface area contributed by atoms with Gasteiger partial charge < -0.3 is 9.84 Å². The van der Waals surface area contributed by atoms with Crippen LogP contribution in [0.4, 0.5) is 0 Å². The molecule has 4 atom stereocenters. The van der Waals surface area contributed by atoms with Crippen molar-refractivity contribution in [1.29, 1.82) is 0 Å². The Hall–Kier alpha value is -0.280. The van der Waals surface area contributed by atoms with E-state index in [4.69, 9.17) is 11.6 Å². The highest BCUT2D eigenvalue weighted by Crippen LogP contribution is 2.32. The highest BCUT2D eigenvalue weighted by atomic mass is 35.5. The summed E-state index contributed by atoms with van der Waals surface area (Å²) in [6.07, 6.45) is 0.665. The lowest BCUT2D eigenvalue weighted by atomic mass is 9.79. The molecule has 0 heterocycles. The number of hydrogen-bond donors (Lipinski definition) is 1. The summed E-state index contributed by atoms with van der Waals surface area (Å²) < 4.78 is 4.60. The number of halogens is 1. The molecule has 1 fully saturated rings. The SMILES string of the molecule is COC(=O)C1CC(Cl)CC(C)C1O. The number of methoxy groups -OCH3 is 1. The van der Waals surface area contributed by atoms with Gasteiger partial charge in [0.2, 0.25) is 0 Å². The summed E-state index contributed by atoms with van der Waals surface area (Å²) in [4.78, 5) is 11.2. The van der Waals surface area contributed by atoms with Crippen molar-refractivity contribution in [3.63, 3.8) is 0 Å². The average molecular weight is 207 g/mol. The van der Waals surface area contributed by atoms with Crippen molar-refractivity contribution in [1.82, 2.24) is 0 Å². The van der Waals surface area contributed by atoms with E-state index < -0.39 is 12.0 Å². The normalized spacial score (nSPS) is 40.0. The van der Waals surface area contributed by atoms with Crippen molar-refractivity contribution in [2.24, 2.45) is 11.8 Å². The molecule has 0 aromatic carbocycles. The first-order valence-corrected chi connectivity index (χ1v) is 4.90. The molecule has 0 aromatic rings. The molecule has 1 rings (SSSR count). The molecule has 4 heteroatoms. The van der Waals surface area contributed by atoms with E-state index in [9.17, 15) is 9.90 Å². The molecule has 4 unspecified atom stereocenters. The molecule has 0 saturated heterocycles. The van der Waals surface area contributed by atoms with Gasteiger partial charge in [0, 0.05) is 5.38 Å². The summed E-state index contributed by atoms with van der Waals surface area (Å²) >= 11 is 5.95. The second-order valence-corrected chi connectivity index (χ2v) is 4.28.